The Bertz CT molecular complexity index is 752. The Morgan fingerprint density at radius 1 is 1.21 bits per heavy atom. The Labute approximate surface area is 147 Å². The van der Waals surface area contributed by atoms with Crippen LogP contribution in [-0.4, -0.2) is 25.5 Å². The predicted molar refractivity (Wildman–Crippen MR) is 92.2 cm³/mol. The summed E-state index contributed by atoms with van der Waals surface area (Å²) >= 11 is 3.14. The van der Waals surface area contributed by atoms with E-state index < -0.39 is 11.7 Å². The van der Waals surface area contributed by atoms with Crippen LogP contribution >= 0.6 is 15.9 Å². The second-order valence-corrected chi connectivity index (χ2v) is 5.90. The second-order valence-electron chi connectivity index (χ2n) is 4.99. The van der Waals surface area contributed by atoms with Gasteiger partial charge in [0.15, 0.2) is 0 Å². The monoisotopic (exact) mass is 394 g/mol. The van der Waals surface area contributed by atoms with Gasteiger partial charge >= 0.3 is 0 Å². The lowest BCUT2D eigenvalue weighted by atomic mass is 10.1. The molecule has 0 atom stereocenters. The molecule has 2 aromatic carbocycles. The molecule has 24 heavy (non-hydrogen) atoms. The summed E-state index contributed by atoms with van der Waals surface area (Å²) < 4.78 is 19.1. The zero-order valence-corrected chi connectivity index (χ0v) is 14.5. The van der Waals surface area contributed by atoms with E-state index in [2.05, 4.69) is 26.6 Å². The van der Waals surface area contributed by atoms with E-state index in [1.54, 1.807) is 30.3 Å². The lowest BCUT2D eigenvalue weighted by molar-refractivity contribution is -0.119. The van der Waals surface area contributed by atoms with Gasteiger partial charge < -0.3 is 15.4 Å². The number of benzene rings is 2. The van der Waals surface area contributed by atoms with Gasteiger partial charge in [-0.2, -0.15) is 0 Å². The molecule has 0 fully saturated rings. The number of halogens is 2. The molecule has 0 spiro atoms. The summed E-state index contributed by atoms with van der Waals surface area (Å²) in [7, 11) is 1.44. The second kappa shape index (κ2) is 8.56. The largest absolute Gasteiger partial charge is 0.375 e. The van der Waals surface area contributed by atoms with Crippen molar-refractivity contribution >= 4 is 33.4 Å². The zero-order chi connectivity index (χ0) is 17.5. The molecule has 7 heteroatoms. The third kappa shape index (κ3) is 5.14. The van der Waals surface area contributed by atoms with Crippen molar-refractivity contribution in [3.8, 4) is 0 Å². The molecular formula is C17H16BrFN2O3. The smallest absolute Gasteiger partial charge is 0.254 e. The fourth-order valence-corrected chi connectivity index (χ4v) is 2.37. The van der Waals surface area contributed by atoms with Crippen LogP contribution in [0, 0.1) is 5.82 Å². The molecule has 0 saturated carbocycles. The third-order valence-corrected chi connectivity index (χ3v) is 3.61. The van der Waals surface area contributed by atoms with Crippen LogP contribution in [0.5, 0.6) is 0 Å². The van der Waals surface area contributed by atoms with Gasteiger partial charge in [0.2, 0.25) is 5.91 Å². The summed E-state index contributed by atoms with van der Waals surface area (Å²) in [4.78, 5) is 23.5. The molecule has 2 aromatic rings. The van der Waals surface area contributed by atoms with E-state index in [1.807, 2.05) is 0 Å². The molecule has 0 bridgehead atoms. The minimum atomic E-state index is -0.595. The summed E-state index contributed by atoms with van der Waals surface area (Å²) in [5.41, 5.74) is 1.34. The number of nitrogens with one attached hydrogen (secondary N) is 2. The van der Waals surface area contributed by atoms with Crippen LogP contribution in [0.25, 0.3) is 0 Å². The third-order valence-electron chi connectivity index (χ3n) is 3.11. The van der Waals surface area contributed by atoms with E-state index in [0.29, 0.717) is 10.2 Å². The number of anilines is 1. The van der Waals surface area contributed by atoms with Crippen LogP contribution in [0.4, 0.5) is 10.1 Å². The average Bonchev–Trinajstić information content (AvgIpc) is 2.53. The highest BCUT2D eigenvalue weighted by Gasteiger charge is 2.11. The van der Waals surface area contributed by atoms with E-state index in [1.165, 1.54) is 19.2 Å². The summed E-state index contributed by atoms with van der Waals surface area (Å²) in [6, 6.07) is 11.3. The van der Waals surface area contributed by atoms with E-state index in [4.69, 9.17) is 4.74 Å². The fraction of sp³-hybridized carbons (Fsp3) is 0.176. The fourth-order valence-electron chi connectivity index (χ4n) is 2.04. The van der Waals surface area contributed by atoms with E-state index in [0.717, 1.165) is 5.56 Å². The molecular weight excluding hydrogens is 379 g/mol. The van der Waals surface area contributed by atoms with Crippen molar-refractivity contribution in [3.63, 3.8) is 0 Å². The normalized spacial score (nSPS) is 10.3. The van der Waals surface area contributed by atoms with Crippen LogP contribution in [0.3, 0.4) is 0 Å². The van der Waals surface area contributed by atoms with Gasteiger partial charge in [-0.3, -0.25) is 9.59 Å². The Morgan fingerprint density at radius 2 is 2.00 bits per heavy atom. The molecule has 2 rings (SSSR count). The topological polar surface area (TPSA) is 67.4 Å². The van der Waals surface area contributed by atoms with E-state index >= 15 is 0 Å². The van der Waals surface area contributed by atoms with Gasteiger partial charge in [0.05, 0.1) is 5.56 Å². The first-order chi connectivity index (χ1) is 11.5. The Balaban J connectivity index is 1.98. The molecule has 0 heterocycles. The molecule has 0 radical (unpaired) electrons. The van der Waals surface area contributed by atoms with E-state index in [-0.39, 0.29) is 24.6 Å². The highest BCUT2D eigenvalue weighted by atomic mass is 79.9. The maximum absolute atomic E-state index is 13.8. The van der Waals surface area contributed by atoms with Crippen molar-refractivity contribution in [2.45, 2.75) is 6.54 Å². The van der Waals surface area contributed by atoms with Crippen molar-refractivity contribution < 1.29 is 18.7 Å². The summed E-state index contributed by atoms with van der Waals surface area (Å²) in [5.74, 6) is -1.37. The van der Waals surface area contributed by atoms with Gasteiger partial charge in [0, 0.05) is 23.8 Å². The van der Waals surface area contributed by atoms with Crippen LogP contribution in [0.1, 0.15) is 15.9 Å². The maximum atomic E-state index is 13.8. The van der Waals surface area contributed by atoms with Crippen molar-refractivity contribution in [3.05, 3.63) is 63.9 Å². The Morgan fingerprint density at radius 3 is 2.71 bits per heavy atom. The molecule has 0 aromatic heterocycles. The Hall–Kier alpha value is -2.25. The standard InChI is InChI=1S/C17H16BrFN2O3/c1-24-10-16(22)21-13-4-2-3-11(7-13)9-20-17(23)14-6-5-12(18)8-15(14)19/h2-8H,9-10H2,1H3,(H,20,23)(H,21,22). The number of methoxy groups -OCH3 is 1. The average molecular weight is 395 g/mol. The number of amides is 2. The van der Waals surface area contributed by atoms with Crippen LogP contribution in [0.15, 0.2) is 46.9 Å². The van der Waals surface area contributed by atoms with Gasteiger partial charge in [-0.25, -0.2) is 4.39 Å². The number of carbonyl (C=O) groups is 2. The number of rotatable bonds is 6. The molecule has 126 valence electrons. The van der Waals surface area contributed by atoms with Gasteiger partial charge in [-0.1, -0.05) is 28.1 Å². The summed E-state index contributed by atoms with van der Waals surface area (Å²) in [6.45, 7) is 0.173. The highest BCUT2D eigenvalue weighted by molar-refractivity contribution is 9.10. The van der Waals surface area contributed by atoms with Crippen LogP contribution < -0.4 is 10.6 Å². The highest BCUT2D eigenvalue weighted by Crippen LogP contribution is 2.16. The van der Waals surface area contributed by atoms with Crippen molar-refractivity contribution in [2.75, 3.05) is 19.0 Å². The van der Waals surface area contributed by atoms with E-state index in [9.17, 15) is 14.0 Å². The van der Waals surface area contributed by atoms with Crippen LogP contribution in [-0.2, 0) is 16.1 Å². The molecule has 0 aliphatic carbocycles. The SMILES string of the molecule is COCC(=O)Nc1cccc(CNC(=O)c2ccc(Br)cc2F)c1. The number of carbonyl (C=O) groups excluding carboxylic acids is 2. The molecule has 0 aliphatic rings. The molecule has 0 saturated heterocycles. The molecule has 0 unspecified atom stereocenters. The minimum absolute atomic E-state index is 0.0252. The zero-order valence-electron chi connectivity index (χ0n) is 12.9. The predicted octanol–water partition coefficient (Wildman–Crippen LogP) is 3.10. The number of hydrogen-bond donors (Lipinski definition) is 2. The van der Waals surface area contributed by atoms with Crippen molar-refractivity contribution in [1.29, 1.82) is 0 Å². The van der Waals surface area contributed by atoms with Gasteiger partial charge in [0.1, 0.15) is 12.4 Å². The maximum Gasteiger partial charge on any atom is 0.254 e. The van der Waals surface area contributed by atoms with Crippen molar-refractivity contribution in [2.24, 2.45) is 0 Å². The van der Waals surface area contributed by atoms with Gasteiger partial charge in [-0.05, 0) is 35.9 Å². The van der Waals surface area contributed by atoms with Crippen molar-refractivity contribution in [1.82, 2.24) is 5.32 Å². The lowest BCUT2D eigenvalue weighted by Gasteiger charge is -2.09. The lowest BCUT2D eigenvalue weighted by Crippen LogP contribution is -2.24. The quantitative estimate of drug-likeness (QED) is 0.790. The number of ether oxygens (including phenoxy) is 1. The molecule has 5 nitrogen and oxygen atoms in total. The summed E-state index contributed by atoms with van der Waals surface area (Å²) in [5, 5.41) is 5.33. The van der Waals surface area contributed by atoms with Gasteiger partial charge in [0.25, 0.3) is 5.91 Å². The molecule has 2 amide bonds. The molecule has 2 N–H and O–H groups in total. The first-order valence-electron chi connectivity index (χ1n) is 7.10. The molecule has 0 aliphatic heterocycles. The number of hydrogen-bond acceptors (Lipinski definition) is 3. The minimum Gasteiger partial charge on any atom is -0.375 e. The first-order valence-corrected chi connectivity index (χ1v) is 7.90. The Kier molecular flexibility index (Phi) is 6.45. The van der Waals surface area contributed by atoms with Crippen LogP contribution in [0.2, 0.25) is 0 Å². The van der Waals surface area contributed by atoms with Gasteiger partial charge in [-0.15, -0.1) is 0 Å². The first kappa shape index (κ1) is 18.1. The summed E-state index contributed by atoms with van der Waals surface area (Å²) in [6.07, 6.45) is 0.